The molecule has 20 radical (unpaired) electrons. The van der Waals surface area contributed by atoms with Crippen molar-refractivity contribution >= 4 is 22.1 Å². The number of nitrogens with zero attached hydrogens (tertiary/aromatic N) is 3. The largest absolute Gasteiger partial charge is 2.00 e. The van der Waals surface area contributed by atoms with Crippen LogP contribution in [0.15, 0.2) is 21.3 Å². The average Bonchev–Trinajstić information content (AvgIpc) is 3.74. The number of rotatable bonds is 2. The minimum absolute atomic E-state index is 0. The summed E-state index contributed by atoms with van der Waals surface area (Å²) in [6.07, 6.45) is 35.0. The predicted octanol–water partition coefficient (Wildman–Crippen LogP) is 4.44. The van der Waals surface area contributed by atoms with Crippen LogP contribution in [0.1, 0.15) is 17.0 Å². The van der Waals surface area contributed by atoms with Gasteiger partial charge in [-0.05, 0) is 128 Å². The molecule has 3 aromatic rings. The Balaban J connectivity index is 0.000000295. The maximum Gasteiger partial charge on any atom is 2.00 e. The Morgan fingerprint density at radius 3 is 1.72 bits per heavy atom. The Morgan fingerprint density at radius 2 is 1.23 bits per heavy atom. The fraction of sp³-hybridized carbons (Fsp3) is 0. The summed E-state index contributed by atoms with van der Waals surface area (Å²) in [5.74, 6) is 2.23. The molecule has 3 aromatic heterocycles. The number of nitriles is 1. The summed E-state index contributed by atoms with van der Waals surface area (Å²) in [4.78, 5) is 12.7. The van der Waals surface area contributed by atoms with Crippen molar-refractivity contribution < 1.29 is 38.6 Å². The average molecular weight is 594 g/mol. The maximum atomic E-state index is 12.7. The summed E-state index contributed by atoms with van der Waals surface area (Å²) in [5.41, 5.74) is 7.22. The molecule has 2 N–H and O–H groups in total. The van der Waals surface area contributed by atoms with E-state index in [1.54, 1.807) is 12.1 Å². The first kappa shape index (κ1) is 31.8. The van der Waals surface area contributed by atoms with Crippen LogP contribution in [0.25, 0.3) is 16.3 Å². The van der Waals surface area contributed by atoms with E-state index in [0.717, 1.165) is 11.8 Å². The molecule has 0 amide bonds. The van der Waals surface area contributed by atoms with Crippen LogP contribution in [0.4, 0.5) is 5.82 Å². The summed E-state index contributed by atoms with van der Waals surface area (Å²) >= 11 is 0. The van der Waals surface area contributed by atoms with Crippen molar-refractivity contribution in [2.75, 3.05) is 5.73 Å². The third-order valence-electron chi connectivity index (χ3n) is 5.80. The Hall–Kier alpha value is -1.77. The summed E-state index contributed by atoms with van der Waals surface area (Å²) < 4.78 is 6.89. The van der Waals surface area contributed by atoms with Crippen molar-refractivity contribution in [3.05, 3.63) is 167 Å². The van der Waals surface area contributed by atoms with Crippen molar-refractivity contribution in [1.82, 2.24) is 9.61 Å². The van der Waals surface area contributed by atoms with E-state index < -0.39 is 5.63 Å². The van der Waals surface area contributed by atoms with Gasteiger partial charge in [-0.1, -0.05) is 0 Å². The van der Waals surface area contributed by atoms with Gasteiger partial charge in [-0.3, -0.25) is 0 Å². The van der Waals surface area contributed by atoms with Gasteiger partial charge in [-0.25, -0.2) is 9.31 Å². The predicted molar refractivity (Wildman–Crippen MR) is 142 cm³/mol. The SMILES string of the molecule is N#Cc1c2cc([C]3[CH][CH][CH][CH]3)oc(=O)c2c(N)n2nc([C]3[CH][CH][CH][CH]3)cc12.[CH]1[CH][CH][CH][CH]1.[CH]1[CH][CH][CH][CH]1.[Fe+2].[Fe+2]. The summed E-state index contributed by atoms with van der Waals surface area (Å²) in [6, 6.07) is 5.70. The molecule has 39 heavy (non-hydrogen) atoms. The molecule has 4 fully saturated rings. The molecule has 7 rings (SSSR count). The molecule has 0 bridgehead atoms. The Kier molecular flexibility index (Phi) is 12.4. The van der Waals surface area contributed by atoms with Crippen molar-refractivity contribution in [1.29, 1.82) is 5.26 Å². The Morgan fingerprint density at radius 1 is 0.744 bits per heavy atom. The quantitative estimate of drug-likeness (QED) is 0.443. The number of aromatic nitrogens is 2. The topological polar surface area (TPSA) is 97.3 Å². The zero-order valence-electron chi connectivity index (χ0n) is 20.5. The van der Waals surface area contributed by atoms with Crippen LogP contribution in [-0.4, -0.2) is 9.61 Å². The monoisotopic (exact) mass is 594 g/mol. The minimum atomic E-state index is -0.593. The van der Waals surface area contributed by atoms with Gasteiger partial charge < -0.3 is 10.2 Å². The number of hydrogen-bond acceptors (Lipinski definition) is 5. The zero-order chi connectivity index (χ0) is 25.6. The van der Waals surface area contributed by atoms with Crippen LogP contribution in [0, 0.1) is 139 Å². The normalized spacial score (nSPS) is 19.1. The van der Waals surface area contributed by atoms with E-state index in [1.807, 2.05) is 116 Å². The minimum Gasteiger partial charge on any atom is -0.427 e. The molecule has 0 saturated heterocycles. The second-order valence-corrected chi connectivity index (χ2v) is 8.16. The van der Waals surface area contributed by atoms with E-state index in [0.29, 0.717) is 27.9 Å². The van der Waals surface area contributed by atoms with Gasteiger partial charge in [0.05, 0.1) is 16.8 Å². The smallest absolute Gasteiger partial charge is 0.427 e. The first-order valence-corrected chi connectivity index (χ1v) is 11.6. The molecule has 0 atom stereocenters. The summed E-state index contributed by atoms with van der Waals surface area (Å²) in [7, 11) is 0. The van der Waals surface area contributed by atoms with Crippen molar-refractivity contribution in [2.45, 2.75) is 0 Å². The fourth-order valence-electron chi connectivity index (χ4n) is 4.05. The molecule has 190 valence electrons. The second kappa shape index (κ2) is 15.3. The van der Waals surface area contributed by atoms with E-state index in [9.17, 15) is 10.1 Å². The molecule has 4 saturated carbocycles. The van der Waals surface area contributed by atoms with Crippen LogP contribution in [0.2, 0.25) is 0 Å². The second-order valence-electron chi connectivity index (χ2n) is 8.16. The van der Waals surface area contributed by atoms with Gasteiger partial charge in [-0.15, -0.1) is 0 Å². The van der Waals surface area contributed by atoms with E-state index in [1.165, 1.54) is 4.52 Å². The molecule has 4 aliphatic carbocycles. The molecule has 0 spiro atoms. The zero-order valence-corrected chi connectivity index (χ0v) is 22.7. The molecule has 0 aromatic carbocycles. The number of hydrogen-bond donors (Lipinski definition) is 1. The number of nitrogen functional groups attached to an aromatic ring is 1. The van der Waals surface area contributed by atoms with Gasteiger partial charge in [0.15, 0.2) is 0 Å². The third-order valence-corrected chi connectivity index (χ3v) is 5.80. The van der Waals surface area contributed by atoms with E-state index in [2.05, 4.69) is 11.2 Å². The standard InChI is InChI=1S/C21H12N4O2.2C5H5.2Fe/c22-11-15-14-9-18(13-7-3-4-8-13)27-21(26)19(14)20(23)25-17(15)10-16(24-25)12-5-1-2-6-12;2*1-2-4-5-3-1;;/h1-10H,23H2;2*1-5H;;/q;;;2*+2. The van der Waals surface area contributed by atoms with Gasteiger partial charge in [-0.2, -0.15) is 10.4 Å². The molecule has 3 heterocycles. The molecule has 4 aliphatic rings. The van der Waals surface area contributed by atoms with Gasteiger partial charge in [0.25, 0.3) is 0 Å². The number of pyridine rings is 1. The number of fused-ring (bicyclic) bond motifs is 2. The van der Waals surface area contributed by atoms with Gasteiger partial charge in [0, 0.05) is 17.2 Å². The van der Waals surface area contributed by atoms with Crippen LogP contribution < -0.4 is 11.4 Å². The van der Waals surface area contributed by atoms with Crippen molar-refractivity contribution in [3.63, 3.8) is 0 Å². The molecule has 8 heteroatoms. The van der Waals surface area contributed by atoms with Crippen molar-refractivity contribution in [3.8, 4) is 6.07 Å². The molecule has 0 aliphatic heterocycles. The van der Waals surface area contributed by atoms with Crippen LogP contribution in [0.5, 0.6) is 0 Å². The molecule has 0 unspecified atom stereocenters. The van der Waals surface area contributed by atoms with E-state index >= 15 is 0 Å². The number of anilines is 1. The van der Waals surface area contributed by atoms with E-state index in [4.69, 9.17) is 10.2 Å². The first-order valence-electron chi connectivity index (χ1n) is 11.6. The third kappa shape index (κ3) is 7.30. The Labute approximate surface area is 253 Å². The van der Waals surface area contributed by atoms with Crippen LogP contribution in [0.3, 0.4) is 0 Å². The van der Waals surface area contributed by atoms with E-state index in [-0.39, 0.29) is 45.3 Å². The van der Waals surface area contributed by atoms with Gasteiger partial charge in [0.1, 0.15) is 23.0 Å². The summed E-state index contributed by atoms with van der Waals surface area (Å²) in [6.45, 7) is 0. The van der Waals surface area contributed by atoms with Gasteiger partial charge >= 0.3 is 39.8 Å². The van der Waals surface area contributed by atoms with Gasteiger partial charge in [0.2, 0.25) is 0 Å². The Bertz CT molecular complexity index is 1280. The maximum absolute atomic E-state index is 12.7. The molecular weight excluding hydrogens is 572 g/mol. The van der Waals surface area contributed by atoms with Crippen molar-refractivity contribution in [2.24, 2.45) is 0 Å². The molecule has 6 nitrogen and oxygen atoms in total. The first-order chi connectivity index (χ1) is 18.2. The molecular formula is C31H22Fe2N4O2+4. The number of nitrogens with two attached hydrogens (primary N) is 1. The fourth-order valence-corrected chi connectivity index (χ4v) is 4.05. The van der Waals surface area contributed by atoms with Crippen LogP contribution >= 0.6 is 0 Å². The van der Waals surface area contributed by atoms with Crippen LogP contribution in [-0.2, 0) is 34.1 Å². The summed E-state index contributed by atoms with van der Waals surface area (Å²) in [5, 5.41) is 14.9.